The Morgan fingerprint density at radius 1 is 0.548 bits per heavy atom. The van der Waals surface area contributed by atoms with Crippen LogP contribution in [0.1, 0.15) is 117 Å². The average molecular weight is 1200 g/mol. The Morgan fingerprint density at radius 3 is 1.51 bits per heavy atom. The van der Waals surface area contributed by atoms with Crippen LogP contribution in [0.4, 0.5) is 0 Å². The number of carboxylic acids is 2. The van der Waals surface area contributed by atoms with E-state index in [9.17, 15) is 63.3 Å². The predicted octanol–water partition coefficient (Wildman–Crippen LogP) is 0.0164. The van der Waals surface area contributed by atoms with Crippen molar-refractivity contribution in [2.75, 3.05) is 25.1 Å². The molecule has 2 aromatic carbocycles. The maximum Gasteiger partial charge on any atom is 0.326 e. The van der Waals surface area contributed by atoms with Crippen molar-refractivity contribution in [1.82, 2.24) is 42.5 Å². The van der Waals surface area contributed by atoms with Gasteiger partial charge in [-0.25, -0.2) is 4.79 Å². The molecule has 468 valence electrons. The highest BCUT2D eigenvalue weighted by atomic mass is 32.2. The van der Waals surface area contributed by atoms with Crippen molar-refractivity contribution in [2.24, 2.45) is 45.7 Å². The van der Waals surface area contributed by atoms with E-state index < -0.39 is 126 Å². The van der Waals surface area contributed by atoms with Gasteiger partial charge in [-0.05, 0) is 105 Å². The molecule has 0 bridgehead atoms. The summed E-state index contributed by atoms with van der Waals surface area (Å²) in [6.45, 7) is 10.9. The van der Waals surface area contributed by atoms with Gasteiger partial charge in [-0.15, -0.1) is 0 Å². The summed E-state index contributed by atoms with van der Waals surface area (Å²) in [5.41, 5.74) is 24.2. The Kier molecular flexibility index (Phi) is 33.1. The third kappa shape index (κ3) is 26.8. The fraction of sp³-hybridized carbons (Fsp3) is 0.596. The first-order valence-electron chi connectivity index (χ1n) is 28.4. The molecule has 11 atom stereocenters. The average Bonchev–Trinajstić information content (AvgIpc) is 3.62. The van der Waals surface area contributed by atoms with E-state index in [0.717, 1.165) is 0 Å². The number of hydrogen-bond donors (Lipinski definition) is 15. The quantitative estimate of drug-likeness (QED) is 0.0237. The summed E-state index contributed by atoms with van der Waals surface area (Å²) in [7, 11) is 0. The molecule has 0 saturated carbocycles. The van der Waals surface area contributed by atoms with Gasteiger partial charge in [0.15, 0.2) is 5.96 Å². The molecule has 0 radical (unpaired) electrons. The monoisotopic (exact) mass is 1200 g/mol. The minimum Gasteiger partial charge on any atom is -0.508 e. The van der Waals surface area contributed by atoms with Crippen molar-refractivity contribution in [3.8, 4) is 5.75 Å². The highest BCUT2D eigenvalue weighted by Crippen LogP contribution is 2.16. The lowest BCUT2D eigenvalue weighted by molar-refractivity contribution is -0.142. The lowest BCUT2D eigenvalue weighted by atomic mass is 9.95. The molecule has 19 N–H and O–H groups in total. The Balaban J connectivity index is 2.61. The van der Waals surface area contributed by atoms with E-state index in [-0.39, 0.29) is 88.0 Å². The van der Waals surface area contributed by atoms with Crippen LogP contribution in [0.5, 0.6) is 5.75 Å². The molecule has 0 aromatic heterocycles. The van der Waals surface area contributed by atoms with Gasteiger partial charge in [-0.1, -0.05) is 96.8 Å². The number of aliphatic carboxylic acids is 2. The number of phenolic OH excluding ortho intramolecular Hbond substituents is 1. The second kappa shape index (κ2) is 38.4. The van der Waals surface area contributed by atoms with Gasteiger partial charge < -0.3 is 80.8 Å². The molecule has 2 rings (SSSR count). The molecule has 84 heavy (non-hydrogen) atoms. The summed E-state index contributed by atoms with van der Waals surface area (Å²) in [4.78, 5) is 142. The zero-order valence-corrected chi connectivity index (χ0v) is 50.1. The maximum atomic E-state index is 14.5. The summed E-state index contributed by atoms with van der Waals surface area (Å²) in [6.07, 6.45) is 2.14. The number of aromatic hydroxyl groups is 1. The molecule has 0 saturated heterocycles. The Morgan fingerprint density at radius 2 is 1.01 bits per heavy atom. The molecule has 0 heterocycles. The van der Waals surface area contributed by atoms with Crippen molar-refractivity contribution < 1.29 is 63.3 Å². The van der Waals surface area contributed by atoms with Crippen molar-refractivity contribution in [3.05, 3.63) is 65.7 Å². The van der Waals surface area contributed by atoms with Gasteiger partial charge in [0.05, 0.1) is 12.5 Å². The van der Waals surface area contributed by atoms with E-state index >= 15 is 0 Å². The van der Waals surface area contributed by atoms with Crippen LogP contribution in [-0.2, 0) is 60.8 Å². The molecule has 0 spiro atoms. The number of nitrogens with two attached hydrogens (primary N) is 4. The third-order valence-corrected chi connectivity index (χ3v) is 14.7. The number of nitrogens with zero attached hydrogens (tertiary/aromatic N) is 1. The number of hydrogen-bond acceptors (Lipinski definition) is 15. The number of thioether (sulfide) groups is 1. The maximum absolute atomic E-state index is 14.5. The van der Waals surface area contributed by atoms with Crippen molar-refractivity contribution in [3.63, 3.8) is 0 Å². The smallest absolute Gasteiger partial charge is 0.326 e. The SMILES string of the molecule is CC[C@H](C)[C@H](N)C(=O)N[C@H](C(=O)N[C@@H](Cc1ccc(O)cc1)C(=O)N[C@@H](CC(=O)O)C(=O)N[C@@H](CCCN=C(N)N)C(=O)N[C@@H](CCCCN)C(=O)N[C@@H](Cc1ccccc1)C(=O)N[C@@H](CC(C)C)C(=O)N[C@@H](CCSC)C(=O)O)[C@@H](C)CC. The number of carboxylic acid groups (broad SMARTS) is 2. The largest absolute Gasteiger partial charge is 0.508 e. The van der Waals surface area contributed by atoms with Crippen LogP contribution in [-0.4, -0.2) is 160 Å². The standard InChI is InChI=1S/C57H91N13O13S/c1-8-33(5)46(59)54(80)70-47(34(6)9-2)55(81)69-43(30-36-20-22-37(71)23-21-36)52(78)68-44(31-45(72)73)53(79)64-39(19-15-26-62-57(60)61)48(74)63-38(18-13-14-25-58)49(75)67-42(29-35-16-11-10-12-17-35)51(77)66-41(28-32(3)4)50(76)65-40(56(82)83)24-27-84-7/h10-12,16-17,20-23,32-34,38-44,46-47,71H,8-9,13-15,18-19,24-31,58-59H2,1-7H3,(H,63,74)(H,64,79)(H,65,76)(H,66,77)(H,67,75)(H,68,78)(H,69,81)(H,70,80)(H,72,73)(H,82,83)(H4,60,61,62)/t33-,34-,38-,39-,40-,41-,42-,43-,44-,46-,47-/m0/s1. The summed E-state index contributed by atoms with van der Waals surface area (Å²) >= 11 is 1.40. The van der Waals surface area contributed by atoms with E-state index in [4.69, 9.17) is 22.9 Å². The van der Waals surface area contributed by atoms with E-state index in [2.05, 4.69) is 47.5 Å². The second-order valence-electron chi connectivity index (χ2n) is 21.4. The molecule has 8 amide bonds. The Labute approximate surface area is 496 Å². The molecule has 0 fully saturated rings. The number of carbonyl (C=O) groups is 10. The number of guanidine groups is 1. The molecule has 0 aliphatic rings. The van der Waals surface area contributed by atoms with Crippen molar-refractivity contribution >= 4 is 76.9 Å². The zero-order chi connectivity index (χ0) is 63.1. The molecule has 2 aromatic rings. The van der Waals surface area contributed by atoms with Crippen LogP contribution in [0.15, 0.2) is 59.6 Å². The zero-order valence-electron chi connectivity index (χ0n) is 49.3. The van der Waals surface area contributed by atoms with Crippen LogP contribution >= 0.6 is 11.8 Å². The summed E-state index contributed by atoms with van der Waals surface area (Å²) in [5.74, 6) is -10.5. The summed E-state index contributed by atoms with van der Waals surface area (Å²) < 4.78 is 0. The minimum atomic E-state index is -1.89. The van der Waals surface area contributed by atoms with Crippen LogP contribution < -0.4 is 65.5 Å². The topological polar surface area (TPSA) is 444 Å². The minimum absolute atomic E-state index is 0.0355. The summed E-state index contributed by atoms with van der Waals surface area (Å²) in [6, 6.07) is 1.95. The number of carbonyl (C=O) groups excluding carboxylic acids is 8. The Bertz CT molecular complexity index is 2490. The molecule has 26 nitrogen and oxygen atoms in total. The molecule has 0 aliphatic heterocycles. The molecule has 0 aliphatic carbocycles. The number of rotatable bonds is 40. The first kappa shape index (κ1) is 72.6. The van der Waals surface area contributed by atoms with Gasteiger partial charge in [0.1, 0.15) is 54.1 Å². The van der Waals surface area contributed by atoms with Gasteiger partial charge in [0.2, 0.25) is 47.3 Å². The van der Waals surface area contributed by atoms with Gasteiger partial charge in [-0.3, -0.25) is 48.1 Å². The van der Waals surface area contributed by atoms with Crippen molar-refractivity contribution in [1.29, 1.82) is 0 Å². The lowest BCUT2D eigenvalue weighted by Crippen LogP contribution is -2.61. The summed E-state index contributed by atoms with van der Waals surface area (Å²) in [5, 5.41) is 50.8. The molecular weight excluding hydrogens is 1110 g/mol. The second-order valence-corrected chi connectivity index (χ2v) is 22.3. The highest BCUT2D eigenvalue weighted by Gasteiger charge is 2.37. The highest BCUT2D eigenvalue weighted by molar-refractivity contribution is 7.98. The predicted molar refractivity (Wildman–Crippen MR) is 319 cm³/mol. The number of unbranched alkanes of at least 4 members (excludes halogenated alkanes) is 1. The number of benzene rings is 2. The number of nitrogens with one attached hydrogen (secondary N) is 8. The fourth-order valence-corrected chi connectivity index (χ4v) is 9.08. The molecular formula is C57H91N13O13S. The van der Waals surface area contributed by atoms with E-state index in [1.165, 1.54) is 36.0 Å². The van der Waals surface area contributed by atoms with E-state index in [1.807, 2.05) is 20.8 Å². The lowest BCUT2D eigenvalue weighted by Gasteiger charge is -2.29. The third-order valence-electron chi connectivity index (χ3n) is 14.0. The van der Waals surface area contributed by atoms with Crippen LogP contribution in [0.2, 0.25) is 0 Å². The number of amides is 8. The molecule has 27 heteroatoms. The normalized spacial score (nSPS) is 15.1. The van der Waals surface area contributed by atoms with E-state index in [1.54, 1.807) is 57.4 Å². The van der Waals surface area contributed by atoms with Crippen LogP contribution in [0, 0.1) is 17.8 Å². The van der Waals surface area contributed by atoms with Gasteiger partial charge in [-0.2, -0.15) is 11.8 Å². The number of aliphatic imine (C=N–C) groups is 1. The van der Waals surface area contributed by atoms with Crippen molar-refractivity contribution in [2.45, 2.75) is 173 Å². The van der Waals surface area contributed by atoms with E-state index in [0.29, 0.717) is 36.1 Å². The first-order chi connectivity index (χ1) is 39.7. The Hall–Kier alpha value is -7.52. The van der Waals surface area contributed by atoms with Crippen LogP contribution in [0.3, 0.4) is 0 Å². The van der Waals surface area contributed by atoms with Gasteiger partial charge in [0, 0.05) is 19.4 Å². The fourth-order valence-electron chi connectivity index (χ4n) is 8.61. The van der Waals surface area contributed by atoms with Gasteiger partial charge >= 0.3 is 11.9 Å². The van der Waals surface area contributed by atoms with Gasteiger partial charge in [0.25, 0.3) is 0 Å². The number of phenols is 1. The first-order valence-corrected chi connectivity index (χ1v) is 29.8. The van der Waals surface area contributed by atoms with Crippen LogP contribution in [0.25, 0.3) is 0 Å². The molecule has 0 unspecified atom stereocenters.